The second-order valence-electron chi connectivity index (χ2n) is 6.94. The van der Waals surface area contributed by atoms with Gasteiger partial charge in [0.15, 0.2) is 0 Å². The highest BCUT2D eigenvalue weighted by Crippen LogP contribution is 2.29. The fourth-order valence-electron chi connectivity index (χ4n) is 3.03. The van der Waals surface area contributed by atoms with E-state index in [9.17, 15) is 26.4 Å². The van der Waals surface area contributed by atoms with Crippen LogP contribution in [0.2, 0.25) is 0 Å². The minimum atomic E-state index is -4.41. The lowest BCUT2D eigenvalue weighted by Gasteiger charge is -2.32. The first-order valence-electron chi connectivity index (χ1n) is 9.53. The molecule has 5 nitrogen and oxygen atoms in total. The largest absolute Gasteiger partial charge is 0.416 e. The van der Waals surface area contributed by atoms with Crippen LogP contribution in [0.25, 0.3) is 12.2 Å². The number of carbonyl (C=O) groups excluding carboxylic acids is 1. The molecule has 1 saturated heterocycles. The standard InChI is InChI=1S/C22H21F3N2O3S/c23-22(24,25)20-9-6-19(7-10-20)8-11-21(28)26-13-15-27(16-14-26)31(29,30)17-12-18-4-2-1-3-5-18/h1-12,17H,13-16H2/b11-8+,17-12+. The van der Waals surface area contributed by atoms with Gasteiger partial charge in [0.2, 0.25) is 15.9 Å². The summed E-state index contributed by atoms with van der Waals surface area (Å²) >= 11 is 0. The molecule has 164 valence electrons. The van der Waals surface area contributed by atoms with Crippen LogP contribution < -0.4 is 0 Å². The molecule has 0 radical (unpaired) electrons. The van der Waals surface area contributed by atoms with Gasteiger partial charge in [-0.2, -0.15) is 17.5 Å². The Morgan fingerprint density at radius 2 is 1.42 bits per heavy atom. The van der Waals surface area contributed by atoms with Crippen molar-refractivity contribution in [1.29, 1.82) is 0 Å². The van der Waals surface area contributed by atoms with E-state index in [-0.39, 0.29) is 32.1 Å². The summed E-state index contributed by atoms with van der Waals surface area (Å²) in [5.74, 6) is -0.322. The highest BCUT2D eigenvalue weighted by molar-refractivity contribution is 7.92. The molecule has 1 aliphatic rings. The number of benzene rings is 2. The number of hydrogen-bond donors (Lipinski definition) is 0. The van der Waals surface area contributed by atoms with Gasteiger partial charge in [-0.25, -0.2) is 8.42 Å². The fourth-order valence-corrected chi connectivity index (χ4v) is 4.21. The summed E-state index contributed by atoms with van der Waals surface area (Å²) in [6.07, 6.45) is -0.162. The van der Waals surface area contributed by atoms with E-state index in [1.54, 1.807) is 12.1 Å². The lowest BCUT2D eigenvalue weighted by molar-refractivity contribution is -0.137. The molecule has 1 aliphatic heterocycles. The molecular weight excluding hydrogens is 429 g/mol. The number of amides is 1. The van der Waals surface area contributed by atoms with E-state index in [4.69, 9.17) is 0 Å². The van der Waals surface area contributed by atoms with E-state index in [1.807, 2.05) is 18.2 Å². The number of hydrogen-bond acceptors (Lipinski definition) is 3. The van der Waals surface area contributed by atoms with Gasteiger partial charge in [-0.15, -0.1) is 0 Å². The fraction of sp³-hybridized carbons (Fsp3) is 0.227. The second-order valence-corrected chi connectivity index (χ2v) is 8.75. The third-order valence-electron chi connectivity index (χ3n) is 4.80. The van der Waals surface area contributed by atoms with Crippen molar-refractivity contribution in [2.45, 2.75) is 6.18 Å². The lowest BCUT2D eigenvalue weighted by Crippen LogP contribution is -2.49. The molecule has 9 heteroatoms. The van der Waals surface area contributed by atoms with Crippen molar-refractivity contribution in [3.63, 3.8) is 0 Å². The maximum atomic E-state index is 12.6. The summed E-state index contributed by atoms with van der Waals surface area (Å²) < 4.78 is 64.1. The monoisotopic (exact) mass is 450 g/mol. The van der Waals surface area contributed by atoms with Gasteiger partial charge in [0, 0.05) is 37.7 Å². The summed E-state index contributed by atoms with van der Waals surface area (Å²) in [7, 11) is -3.60. The molecule has 1 heterocycles. The first-order chi connectivity index (χ1) is 14.6. The lowest BCUT2D eigenvalue weighted by atomic mass is 10.1. The Balaban J connectivity index is 1.54. The van der Waals surface area contributed by atoms with Gasteiger partial charge >= 0.3 is 6.18 Å². The Morgan fingerprint density at radius 3 is 2.00 bits per heavy atom. The van der Waals surface area contributed by atoms with Crippen LogP contribution in [0.3, 0.4) is 0 Å². The van der Waals surface area contributed by atoms with E-state index in [0.29, 0.717) is 5.56 Å². The number of sulfonamides is 1. The number of rotatable bonds is 5. The number of alkyl halides is 3. The quantitative estimate of drug-likeness (QED) is 0.650. The van der Waals surface area contributed by atoms with Crippen molar-refractivity contribution in [1.82, 2.24) is 9.21 Å². The van der Waals surface area contributed by atoms with Gasteiger partial charge in [-0.1, -0.05) is 42.5 Å². The molecule has 0 N–H and O–H groups in total. The zero-order chi connectivity index (χ0) is 22.5. The molecule has 0 aromatic heterocycles. The molecule has 31 heavy (non-hydrogen) atoms. The van der Waals surface area contributed by atoms with E-state index in [1.165, 1.54) is 39.6 Å². The van der Waals surface area contributed by atoms with E-state index < -0.39 is 21.8 Å². The second kappa shape index (κ2) is 9.49. The Hall–Kier alpha value is -2.91. The average molecular weight is 450 g/mol. The molecule has 1 amide bonds. The maximum Gasteiger partial charge on any atom is 0.416 e. The van der Waals surface area contributed by atoms with E-state index >= 15 is 0 Å². The van der Waals surface area contributed by atoms with Gasteiger partial charge in [-0.3, -0.25) is 4.79 Å². The predicted molar refractivity (Wildman–Crippen MR) is 113 cm³/mol. The number of nitrogens with zero attached hydrogens (tertiary/aromatic N) is 2. The summed E-state index contributed by atoms with van der Waals surface area (Å²) in [5, 5.41) is 1.16. The van der Waals surface area contributed by atoms with Crippen LogP contribution in [-0.2, 0) is 21.0 Å². The van der Waals surface area contributed by atoms with Gasteiger partial charge < -0.3 is 4.90 Å². The van der Waals surface area contributed by atoms with Crippen LogP contribution in [0.15, 0.2) is 66.1 Å². The molecule has 0 atom stereocenters. The number of carbonyl (C=O) groups is 1. The molecule has 0 unspecified atom stereocenters. The van der Waals surface area contributed by atoms with Crippen LogP contribution in [0, 0.1) is 0 Å². The third kappa shape index (κ3) is 6.28. The van der Waals surface area contributed by atoms with Gasteiger partial charge in [0.1, 0.15) is 0 Å². The summed E-state index contributed by atoms with van der Waals surface area (Å²) in [6.45, 7) is 0.797. The SMILES string of the molecule is O=C(/C=C/c1ccc(C(F)(F)F)cc1)N1CCN(S(=O)(=O)/C=C/c2ccccc2)CC1. The molecule has 0 spiro atoms. The van der Waals surface area contributed by atoms with E-state index in [2.05, 4.69) is 0 Å². The summed E-state index contributed by atoms with van der Waals surface area (Å²) in [4.78, 5) is 13.8. The summed E-state index contributed by atoms with van der Waals surface area (Å²) in [5.41, 5.74) is 0.483. The van der Waals surface area contributed by atoms with Gasteiger partial charge in [0.25, 0.3) is 0 Å². The van der Waals surface area contributed by atoms with Crippen LogP contribution in [0.4, 0.5) is 13.2 Å². The minimum Gasteiger partial charge on any atom is -0.337 e. The Morgan fingerprint density at radius 1 is 0.839 bits per heavy atom. The van der Waals surface area contributed by atoms with Crippen molar-refractivity contribution in [2.24, 2.45) is 0 Å². The molecule has 2 aromatic carbocycles. The Labute approximate surface area is 179 Å². The van der Waals surface area contributed by atoms with Crippen molar-refractivity contribution in [3.8, 4) is 0 Å². The Kier molecular flexibility index (Phi) is 6.97. The van der Waals surface area contributed by atoms with Crippen LogP contribution in [0.5, 0.6) is 0 Å². The van der Waals surface area contributed by atoms with Crippen LogP contribution >= 0.6 is 0 Å². The van der Waals surface area contributed by atoms with Gasteiger partial charge in [0.05, 0.1) is 5.56 Å². The molecular formula is C22H21F3N2O3S. The third-order valence-corrected chi connectivity index (χ3v) is 6.36. The van der Waals surface area contributed by atoms with Gasteiger partial charge in [-0.05, 0) is 35.4 Å². The molecule has 3 rings (SSSR count). The summed E-state index contributed by atoms with van der Waals surface area (Å²) in [6, 6.07) is 13.6. The molecule has 1 fully saturated rings. The topological polar surface area (TPSA) is 57.7 Å². The normalized spacial score (nSPS) is 16.3. The smallest absolute Gasteiger partial charge is 0.337 e. The number of halogens is 3. The first-order valence-corrected chi connectivity index (χ1v) is 11.0. The van der Waals surface area contributed by atoms with Crippen molar-refractivity contribution >= 4 is 28.1 Å². The zero-order valence-corrected chi connectivity index (χ0v) is 17.3. The number of piperazine rings is 1. The highest BCUT2D eigenvalue weighted by Gasteiger charge is 2.30. The molecule has 0 bridgehead atoms. The predicted octanol–water partition coefficient (Wildman–Crippen LogP) is 3.86. The van der Waals surface area contributed by atoms with Crippen molar-refractivity contribution < 1.29 is 26.4 Å². The molecule has 0 saturated carbocycles. The first kappa shape index (κ1) is 22.8. The van der Waals surface area contributed by atoms with E-state index in [0.717, 1.165) is 23.1 Å². The van der Waals surface area contributed by atoms with Crippen LogP contribution in [-0.4, -0.2) is 49.7 Å². The zero-order valence-electron chi connectivity index (χ0n) is 16.5. The Bertz CT molecular complexity index is 1060. The molecule has 0 aliphatic carbocycles. The van der Waals surface area contributed by atoms with Crippen molar-refractivity contribution in [2.75, 3.05) is 26.2 Å². The van der Waals surface area contributed by atoms with Crippen molar-refractivity contribution in [3.05, 3.63) is 82.8 Å². The average Bonchev–Trinajstić information content (AvgIpc) is 2.76. The molecule has 2 aromatic rings. The maximum absolute atomic E-state index is 12.6. The van der Waals surface area contributed by atoms with Crippen LogP contribution in [0.1, 0.15) is 16.7 Å². The highest BCUT2D eigenvalue weighted by atomic mass is 32.2. The minimum absolute atomic E-state index is 0.168.